The number of alkyl halides is 5. The predicted octanol–water partition coefficient (Wildman–Crippen LogP) is 5.66. The van der Waals surface area contributed by atoms with Crippen molar-refractivity contribution in [3.63, 3.8) is 0 Å². The molecule has 0 aromatic heterocycles. The SMILES string of the molecule is CC(=NC(C)(C)c1cc(C(C)(F)F)cc(C(F)(F)F)c1)C1CCCCN1. The molecule has 1 saturated heterocycles. The molecule has 1 aliphatic heterocycles. The molecule has 146 valence electrons. The van der Waals surface area contributed by atoms with Gasteiger partial charge in [0.15, 0.2) is 0 Å². The fraction of sp³-hybridized carbons (Fsp3) is 0.632. The molecule has 1 atom stereocenters. The molecule has 1 aromatic carbocycles. The molecule has 1 aromatic rings. The Morgan fingerprint density at radius 1 is 0.962 bits per heavy atom. The average Bonchev–Trinajstić information content (AvgIpc) is 2.53. The Morgan fingerprint density at radius 3 is 2.04 bits per heavy atom. The molecular weight excluding hydrogens is 351 g/mol. The van der Waals surface area contributed by atoms with E-state index in [0.717, 1.165) is 43.7 Å². The Kier molecular flexibility index (Phi) is 5.80. The smallest absolute Gasteiger partial charge is 0.309 e. The molecule has 0 bridgehead atoms. The number of aliphatic imine (C=N–C) groups is 1. The number of benzene rings is 1. The highest BCUT2D eigenvalue weighted by Crippen LogP contribution is 2.38. The van der Waals surface area contributed by atoms with Gasteiger partial charge in [-0.05, 0) is 63.9 Å². The van der Waals surface area contributed by atoms with Crippen LogP contribution in [0.15, 0.2) is 23.2 Å². The van der Waals surface area contributed by atoms with E-state index in [2.05, 4.69) is 10.3 Å². The van der Waals surface area contributed by atoms with Gasteiger partial charge < -0.3 is 5.32 Å². The Bertz CT molecular complexity index is 633. The first-order valence-corrected chi connectivity index (χ1v) is 8.71. The van der Waals surface area contributed by atoms with Crippen LogP contribution in [0.2, 0.25) is 0 Å². The van der Waals surface area contributed by atoms with Gasteiger partial charge in [-0.3, -0.25) is 4.99 Å². The summed E-state index contributed by atoms with van der Waals surface area (Å²) in [6.07, 6.45) is -1.65. The fourth-order valence-electron chi connectivity index (χ4n) is 3.19. The highest BCUT2D eigenvalue weighted by Gasteiger charge is 2.36. The first-order valence-electron chi connectivity index (χ1n) is 8.71. The number of hydrogen-bond donors (Lipinski definition) is 1. The first kappa shape index (κ1) is 20.8. The summed E-state index contributed by atoms with van der Waals surface area (Å²) in [6, 6.07) is 2.63. The minimum absolute atomic E-state index is 0.0703. The summed E-state index contributed by atoms with van der Waals surface area (Å²) in [5.74, 6) is -3.37. The lowest BCUT2D eigenvalue weighted by Gasteiger charge is -2.29. The Labute approximate surface area is 150 Å². The van der Waals surface area contributed by atoms with Crippen LogP contribution in [0.1, 0.15) is 63.6 Å². The van der Waals surface area contributed by atoms with Crippen molar-refractivity contribution >= 4 is 5.71 Å². The van der Waals surface area contributed by atoms with Crippen molar-refractivity contribution in [1.82, 2.24) is 5.32 Å². The molecule has 2 nitrogen and oxygen atoms in total. The predicted molar refractivity (Wildman–Crippen MR) is 92.8 cm³/mol. The second-order valence-corrected chi connectivity index (χ2v) is 7.50. The number of halogens is 5. The van der Waals surface area contributed by atoms with Crippen LogP contribution in [0.3, 0.4) is 0 Å². The molecule has 26 heavy (non-hydrogen) atoms. The van der Waals surface area contributed by atoms with E-state index < -0.39 is 28.8 Å². The van der Waals surface area contributed by atoms with Crippen LogP contribution in [0.25, 0.3) is 0 Å². The molecule has 2 rings (SSSR count). The maximum atomic E-state index is 13.7. The highest BCUT2D eigenvalue weighted by atomic mass is 19.4. The quantitative estimate of drug-likeness (QED) is 0.533. The zero-order valence-electron chi connectivity index (χ0n) is 15.5. The average molecular weight is 376 g/mol. The molecule has 7 heteroatoms. The van der Waals surface area contributed by atoms with E-state index in [9.17, 15) is 22.0 Å². The monoisotopic (exact) mass is 376 g/mol. The van der Waals surface area contributed by atoms with Crippen molar-refractivity contribution in [3.8, 4) is 0 Å². The summed E-state index contributed by atoms with van der Waals surface area (Å²) in [6.45, 7) is 6.58. The van der Waals surface area contributed by atoms with Crippen LogP contribution in [0.4, 0.5) is 22.0 Å². The molecule has 0 amide bonds. The number of nitrogens with one attached hydrogen (secondary N) is 1. The van der Waals surface area contributed by atoms with Gasteiger partial charge in [0.25, 0.3) is 5.92 Å². The van der Waals surface area contributed by atoms with Crippen LogP contribution in [0.5, 0.6) is 0 Å². The first-order chi connectivity index (χ1) is 11.8. The lowest BCUT2D eigenvalue weighted by atomic mass is 9.89. The van der Waals surface area contributed by atoms with Gasteiger partial charge in [0, 0.05) is 24.2 Å². The maximum absolute atomic E-state index is 13.7. The van der Waals surface area contributed by atoms with E-state index in [0.29, 0.717) is 13.0 Å². The molecule has 1 aliphatic rings. The van der Waals surface area contributed by atoms with E-state index in [1.54, 1.807) is 13.8 Å². The zero-order chi connectivity index (χ0) is 19.8. The van der Waals surface area contributed by atoms with Gasteiger partial charge in [-0.1, -0.05) is 6.42 Å². The third kappa shape index (κ3) is 5.02. The number of piperidine rings is 1. The van der Waals surface area contributed by atoms with Crippen LogP contribution in [-0.4, -0.2) is 18.3 Å². The van der Waals surface area contributed by atoms with Gasteiger partial charge in [0.1, 0.15) is 0 Å². The summed E-state index contributed by atoms with van der Waals surface area (Å²) in [5.41, 5.74) is -1.89. The molecule has 0 saturated carbocycles. The standard InChI is InChI=1S/C19H25F5N2/c1-12(16-7-5-6-8-25-16)26-17(2,3)13-9-14(18(4,20)21)11-15(10-13)19(22,23)24/h9-11,16,25H,5-8H2,1-4H3. The summed E-state index contributed by atoms with van der Waals surface area (Å²) in [5, 5.41) is 3.33. The minimum atomic E-state index is -4.70. The molecular formula is C19H25F5N2. The van der Waals surface area contributed by atoms with Gasteiger partial charge in [0.05, 0.1) is 11.1 Å². The second-order valence-electron chi connectivity index (χ2n) is 7.50. The largest absolute Gasteiger partial charge is 0.416 e. The number of rotatable bonds is 4. The number of hydrogen-bond acceptors (Lipinski definition) is 2. The fourth-order valence-corrected chi connectivity index (χ4v) is 3.19. The van der Waals surface area contributed by atoms with Crippen molar-refractivity contribution < 1.29 is 22.0 Å². The molecule has 0 radical (unpaired) electrons. The Balaban J connectivity index is 2.47. The molecule has 1 fully saturated rings. The van der Waals surface area contributed by atoms with E-state index in [1.807, 2.05) is 6.92 Å². The molecule has 1 heterocycles. The lowest BCUT2D eigenvalue weighted by molar-refractivity contribution is -0.137. The zero-order valence-corrected chi connectivity index (χ0v) is 15.5. The molecule has 0 aliphatic carbocycles. The molecule has 1 N–H and O–H groups in total. The van der Waals surface area contributed by atoms with Gasteiger partial charge in [0.2, 0.25) is 0 Å². The van der Waals surface area contributed by atoms with Crippen molar-refractivity contribution in [2.45, 2.75) is 70.6 Å². The minimum Gasteiger partial charge on any atom is -0.309 e. The van der Waals surface area contributed by atoms with E-state index >= 15 is 0 Å². The Morgan fingerprint density at radius 2 is 1.54 bits per heavy atom. The normalized spacial score (nSPS) is 20.3. The van der Waals surface area contributed by atoms with Gasteiger partial charge >= 0.3 is 6.18 Å². The van der Waals surface area contributed by atoms with Gasteiger partial charge in [-0.15, -0.1) is 0 Å². The summed E-state index contributed by atoms with van der Waals surface area (Å²) < 4.78 is 67.0. The lowest BCUT2D eigenvalue weighted by Crippen LogP contribution is -2.40. The van der Waals surface area contributed by atoms with E-state index in [-0.39, 0.29) is 11.6 Å². The third-order valence-electron chi connectivity index (χ3n) is 4.74. The number of nitrogens with zero attached hydrogens (tertiary/aromatic N) is 1. The summed E-state index contributed by atoms with van der Waals surface area (Å²) >= 11 is 0. The second kappa shape index (κ2) is 7.25. The van der Waals surface area contributed by atoms with E-state index in [1.165, 1.54) is 0 Å². The van der Waals surface area contributed by atoms with Crippen LogP contribution >= 0.6 is 0 Å². The maximum Gasteiger partial charge on any atom is 0.416 e. The van der Waals surface area contributed by atoms with Crippen molar-refractivity contribution in [1.29, 1.82) is 0 Å². The van der Waals surface area contributed by atoms with Gasteiger partial charge in [-0.25, -0.2) is 8.78 Å². The summed E-state index contributed by atoms with van der Waals surface area (Å²) in [7, 11) is 0. The summed E-state index contributed by atoms with van der Waals surface area (Å²) in [4.78, 5) is 4.59. The van der Waals surface area contributed by atoms with Crippen molar-refractivity contribution in [2.75, 3.05) is 6.54 Å². The van der Waals surface area contributed by atoms with Crippen molar-refractivity contribution in [3.05, 3.63) is 34.9 Å². The van der Waals surface area contributed by atoms with E-state index in [4.69, 9.17) is 0 Å². The van der Waals surface area contributed by atoms with Crippen LogP contribution < -0.4 is 5.32 Å². The van der Waals surface area contributed by atoms with Crippen molar-refractivity contribution in [2.24, 2.45) is 4.99 Å². The third-order valence-corrected chi connectivity index (χ3v) is 4.74. The molecule has 1 unspecified atom stereocenters. The highest BCUT2D eigenvalue weighted by molar-refractivity contribution is 5.87. The topological polar surface area (TPSA) is 24.4 Å². The van der Waals surface area contributed by atoms with Crippen LogP contribution in [-0.2, 0) is 17.6 Å². The van der Waals surface area contributed by atoms with Gasteiger partial charge in [-0.2, -0.15) is 13.2 Å². The van der Waals surface area contributed by atoms with Crippen LogP contribution in [0, 0.1) is 0 Å². The Hall–Kier alpha value is -1.50. The molecule has 0 spiro atoms.